The summed E-state index contributed by atoms with van der Waals surface area (Å²) in [6, 6.07) is 5.13. The molecule has 1 aliphatic carbocycles. The lowest BCUT2D eigenvalue weighted by Gasteiger charge is -2.17. The minimum Gasteiger partial charge on any atom is -0.497 e. The summed E-state index contributed by atoms with van der Waals surface area (Å²) in [5, 5.41) is 0. The Balaban J connectivity index is 2.09. The summed E-state index contributed by atoms with van der Waals surface area (Å²) in [5.41, 5.74) is 6.89. The molecule has 4 nitrogen and oxygen atoms in total. The van der Waals surface area contributed by atoms with Crippen LogP contribution in [-0.2, 0) is 0 Å². The molecule has 1 aromatic carbocycles. The quantitative estimate of drug-likeness (QED) is 0.829. The summed E-state index contributed by atoms with van der Waals surface area (Å²) in [6.07, 6.45) is 1.22. The van der Waals surface area contributed by atoms with Gasteiger partial charge in [-0.2, -0.15) is 0 Å². The third-order valence-corrected chi connectivity index (χ3v) is 3.54. The Kier molecular flexibility index (Phi) is 3.45. The van der Waals surface area contributed by atoms with Gasteiger partial charge in [0.05, 0.1) is 7.11 Å². The molecule has 2 unspecified atom stereocenters. The zero-order valence-electron chi connectivity index (χ0n) is 11.1. The summed E-state index contributed by atoms with van der Waals surface area (Å²) in [6.45, 7) is 3.03. The van der Waals surface area contributed by atoms with E-state index in [1.54, 1.807) is 30.2 Å². The lowest BCUT2D eigenvalue weighted by molar-refractivity contribution is 0.0786. The fourth-order valence-corrected chi connectivity index (χ4v) is 2.17. The van der Waals surface area contributed by atoms with Crippen LogP contribution in [0.15, 0.2) is 18.2 Å². The van der Waals surface area contributed by atoms with Gasteiger partial charge in [0.25, 0.3) is 5.91 Å². The van der Waals surface area contributed by atoms with Gasteiger partial charge in [-0.3, -0.25) is 4.79 Å². The van der Waals surface area contributed by atoms with Crippen molar-refractivity contribution in [2.24, 2.45) is 11.8 Å². The summed E-state index contributed by atoms with van der Waals surface area (Å²) >= 11 is 0. The topological polar surface area (TPSA) is 55.6 Å². The third-order valence-electron chi connectivity index (χ3n) is 3.54. The van der Waals surface area contributed by atoms with Gasteiger partial charge in [0.1, 0.15) is 5.75 Å². The molecule has 1 fully saturated rings. The molecule has 1 saturated carbocycles. The predicted molar refractivity (Wildman–Crippen MR) is 71.6 cm³/mol. The Bertz CT molecular complexity index is 459. The van der Waals surface area contributed by atoms with E-state index in [1.165, 1.54) is 6.42 Å². The number of hydrogen-bond acceptors (Lipinski definition) is 3. The number of methoxy groups -OCH3 is 1. The van der Waals surface area contributed by atoms with Crippen molar-refractivity contribution in [2.75, 3.05) is 26.4 Å². The molecule has 2 atom stereocenters. The third kappa shape index (κ3) is 2.75. The van der Waals surface area contributed by atoms with Gasteiger partial charge in [0.15, 0.2) is 0 Å². The van der Waals surface area contributed by atoms with E-state index in [0.29, 0.717) is 22.9 Å². The van der Waals surface area contributed by atoms with Crippen LogP contribution in [0.25, 0.3) is 0 Å². The Hall–Kier alpha value is -1.71. The Morgan fingerprint density at radius 3 is 2.72 bits per heavy atom. The standard InChI is InChI=1S/C14H20N2O2/c1-9-4-11(9)8-16(2)14(17)10-5-12(15)7-13(6-10)18-3/h5-7,9,11H,4,8,15H2,1-3H3. The molecule has 0 aliphatic heterocycles. The molecule has 0 aromatic heterocycles. The molecule has 0 saturated heterocycles. The minimum absolute atomic E-state index is 0.000278. The predicted octanol–water partition coefficient (Wildman–Crippen LogP) is 2.01. The van der Waals surface area contributed by atoms with Gasteiger partial charge in [-0.1, -0.05) is 6.92 Å². The van der Waals surface area contributed by atoms with Gasteiger partial charge in [-0.25, -0.2) is 0 Å². The van der Waals surface area contributed by atoms with Crippen LogP contribution in [0.4, 0.5) is 5.69 Å². The highest BCUT2D eigenvalue weighted by atomic mass is 16.5. The van der Waals surface area contributed by atoms with E-state index in [2.05, 4.69) is 6.92 Å². The van der Waals surface area contributed by atoms with Crippen LogP contribution < -0.4 is 10.5 Å². The Morgan fingerprint density at radius 2 is 2.17 bits per heavy atom. The van der Waals surface area contributed by atoms with Gasteiger partial charge >= 0.3 is 0 Å². The highest BCUT2D eigenvalue weighted by molar-refractivity contribution is 5.95. The summed E-state index contributed by atoms with van der Waals surface area (Å²) in [4.78, 5) is 14.0. The molecule has 1 aliphatic rings. The summed E-state index contributed by atoms with van der Waals surface area (Å²) in [7, 11) is 3.40. The number of benzene rings is 1. The van der Waals surface area contributed by atoms with Gasteiger partial charge in [-0.05, 0) is 30.4 Å². The van der Waals surface area contributed by atoms with E-state index in [9.17, 15) is 4.79 Å². The van der Waals surface area contributed by atoms with Crippen molar-refractivity contribution in [3.8, 4) is 5.75 Å². The number of carbonyl (C=O) groups excluding carboxylic acids is 1. The molecule has 0 radical (unpaired) electrons. The molecule has 0 spiro atoms. The number of nitrogen functional groups attached to an aromatic ring is 1. The molecule has 4 heteroatoms. The highest BCUT2D eigenvalue weighted by Gasteiger charge is 2.34. The number of nitrogens with zero attached hydrogens (tertiary/aromatic N) is 1. The molecular weight excluding hydrogens is 228 g/mol. The van der Waals surface area contributed by atoms with Gasteiger partial charge in [0, 0.05) is 30.9 Å². The van der Waals surface area contributed by atoms with Gasteiger partial charge in [-0.15, -0.1) is 0 Å². The monoisotopic (exact) mass is 248 g/mol. The number of nitrogens with two attached hydrogens (primary N) is 1. The molecular formula is C14H20N2O2. The van der Waals surface area contributed by atoms with Gasteiger partial charge < -0.3 is 15.4 Å². The summed E-state index contributed by atoms with van der Waals surface area (Å²) < 4.78 is 5.13. The number of ether oxygens (including phenoxy) is 1. The second-order valence-electron chi connectivity index (χ2n) is 5.15. The van der Waals surface area contributed by atoms with Crippen LogP contribution in [0.5, 0.6) is 5.75 Å². The summed E-state index contributed by atoms with van der Waals surface area (Å²) in [5.74, 6) is 2.02. The van der Waals surface area contributed by atoms with Crippen molar-refractivity contribution in [1.29, 1.82) is 0 Å². The van der Waals surface area contributed by atoms with Crippen molar-refractivity contribution >= 4 is 11.6 Å². The number of rotatable bonds is 4. The molecule has 1 aromatic rings. The largest absolute Gasteiger partial charge is 0.497 e. The maximum absolute atomic E-state index is 12.2. The lowest BCUT2D eigenvalue weighted by atomic mass is 10.1. The maximum Gasteiger partial charge on any atom is 0.253 e. The second kappa shape index (κ2) is 4.88. The first-order chi connectivity index (χ1) is 8.51. The molecule has 98 valence electrons. The van der Waals surface area contributed by atoms with Crippen LogP contribution >= 0.6 is 0 Å². The zero-order chi connectivity index (χ0) is 13.3. The van der Waals surface area contributed by atoms with Crippen molar-refractivity contribution in [2.45, 2.75) is 13.3 Å². The van der Waals surface area contributed by atoms with E-state index in [-0.39, 0.29) is 5.91 Å². The fourth-order valence-electron chi connectivity index (χ4n) is 2.17. The van der Waals surface area contributed by atoms with Crippen LogP contribution in [0, 0.1) is 11.8 Å². The normalized spacial score (nSPS) is 21.5. The first-order valence-electron chi connectivity index (χ1n) is 6.21. The van der Waals surface area contributed by atoms with E-state index >= 15 is 0 Å². The van der Waals surface area contributed by atoms with E-state index in [0.717, 1.165) is 12.5 Å². The molecule has 0 heterocycles. The smallest absolute Gasteiger partial charge is 0.253 e. The van der Waals surface area contributed by atoms with Crippen molar-refractivity contribution in [1.82, 2.24) is 4.90 Å². The van der Waals surface area contributed by atoms with Crippen LogP contribution in [0.1, 0.15) is 23.7 Å². The van der Waals surface area contributed by atoms with Crippen molar-refractivity contribution in [3.05, 3.63) is 23.8 Å². The minimum atomic E-state index is -0.000278. The van der Waals surface area contributed by atoms with Crippen LogP contribution in [0.2, 0.25) is 0 Å². The van der Waals surface area contributed by atoms with Crippen LogP contribution in [-0.4, -0.2) is 31.5 Å². The van der Waals surface area contributed by atoms with Gasteiger partial charge in [0.2, 0.25) is 0 Å². The van der Waals surface area contributed by atoms with Crippen LogP contribution in [0.3, 0.4) is 0 Å². The Labute approximate surface area is 108 Å². The Morgan fingerprint density at radius 1 is 1.50 bits per heavy atom. The fraction of sp³-hybridized carbons (Fsp3) is 0.500. The lowest BCUT2D eigenvalue weighted by Crippen LogP contribution is -2.29. The maximum atomic E-state index is 12.2. The molecule has 1 amide bonds. The zero-order valence-corrected chi connectivity index (χ0v) is 11.1. The first-order valence-corrected chi connectivity index (χ1v) is 6.21. The number of amides is 1. The molecule has 18 heavy (non-hydrogen) atoms. The SMILES string of the molecule is COc1cc(N)cc(C(=O)N(C)CC2CC2C)c1. The molecule has 0 bridgehead atoms. The highest BCUT2D eigenvalue weighted by Crippen LogP contribution is 2.38. The number of anilines is 1. The molecule has 2 N–H and O–H groups in total. The van der Waals surface area contributed by atoms with E-state index in [1.807, 2.05) is 7.05 Å². The van der Waals surface area contributed by atoms with Crippen molar-refractivity contribution < 1.29 is 9.53 Å². The average Bonchev–Trinajstić information content (AvgIpc) is 3.02. The van der Waals surface area contributed by atoms with Crippen molar-refractivity contribution in [3.63, 3.8) is 0 Å². The first kappa shape index (κ1) is 12.7. The van der Waals surface area contributed by atoms with E-state index < -0.39 is 0 Å². The number of carbonyl (C=O) groups is 1. The number of hydrogen-bond donors (Lipinski definition) is 1. The molecule has 2 rings (SSSR count). The van der Waals surface area contributed by atoms with E-state index in [4.69, 9.17) is 10.5 Å². The second-order valence-corrected chi connectivity index (χ2v) is 5.15. The average molecular weight is 248 g/mol.